The first-order valence-corrected chi connectivity index (χ1v) is 16.7. The van der Waals surface area contributed by atoms with Gasteiger partial charge in [0.15, 0.2) is 0 Å². The molecule has 0 saturated heterocycles. The molecule has 1 fully saturated rings. The monoisotopic (exact) mass is 589 g/mol. The molecule has 7 nitrogen and oxygen atoms in total. The predicted molar refractivity (Wildman–Crippen MR) is 169 cm³/mol. The molecule has 0 radical (unpaired) electrons. The van der Waals surface area contributed by atoms with Crippen LogP contribution in [0.4, 0.5) is 5.69 Å². The van der Waals surface area contributed by atoms with Crippen LogP contribution >= 0.6 is 0 Å². The number of benzene rings is 3. The smallest absolute Gasteiger partial charge is 0.243 e. The van der Waals surface area contributed by atoms with Gasteiger partial charge in [0.25, 0.3) is 0 Å². The summed E-state index contributed by atoms with van der Waals surface area (Å²) in [6.45, 7) is 4.28. The molecule has 1 N–H and O–H groups in total. The summed E-state index contributed by atoms with van der Waals surface area (Å²) >= 11 is 0. The Labute approximate surface area is 251 Å². The first kappa shape index (κ1) is 31.3. The van der Waals surface area contributed by atoms with Crippen LogP contribution < -0.4 is 9.62 Å². The van der Waals surface area contributed by atoms with E-state index in [2.05, 4.69) is 5.32 Å². The standard InChI is InChI=1S/C34H43N3O4S/c1-26-20-21-27(2)31(23-26)37(42(3,40)41)22-12-19-33(38)36(25-29-15-8-5-9-16-29)32(24-28-13-6-4-7-14-28)34(39)35-30-17-10-11-18-30/h4-9,13-16,20-21,23,30,32H,10-12,17-19,22,24-25H2,1-3H3,(H,35,39)/t32-/m0/s1. The van der Waals surface area contributed by atoms with Gasteiger partial charge in [-0.2, -0.15) is 0 Å². The average molecular weight is 590 g/mol. The van der Waals surface area contributed by atoms with E-state index in [1.165, 1.54) is 10.6 Å². The minimum absolute atomic E-state index is 0.117. The molecule has 3 aromatic rings. The van der Waals surface area contributed by atoms with E-state index in [-0.39, 0.29) is 30.8 Å². The summed E-state index contributed by atoms with van der Waals surface area (Å²) in [5.74, 6) is -0.307. The summed E-state index contributed by atoms with van der Waals surface area (Å²) in [6.07, 6.45) is 6.14. The van der Waals surface area contributed by atoms with Gasteiger partial charge in [0.05, 0.1) is 11.9 Å². The first-order chi connectivity index (χ1) is 20.1. The highest BCUT2D eigenvalue weighted by Crippen LogP contribution is 2.25. The number of nitrogens with zero attached hydrogens (tertiary/aromatic N) is 2. The van der Waals surface area contributed by atoms with Crippen LogP contribution in [0.15, 0.2) is 78.9 Å². The molecule has 0 aliphatic heterocycles. The predicted octanol–water partition coefficient (Wildman–Crippen LogP) is 5.55. The summed E-state index contributed by atoms with van der Waals surface area (Å²) in [6, 6.07) is 24.7. The lowest BCUT2D eigenvalue weighted by Crippen LogP contribution is -2.52. The van der Waals surface area contributed by atoms with Crippen LogP contribution in [-0.2, 0) is 32.6 Å². The van der Waals surface area contributed by atoms with Gasteiger partial charge in [-0.05, 0) is 61.4 Å². The van der Waals surface area contributed by atoms with E-state index in [0.29, 0.717) is 25.1 Å². The SMILES string of the molecule is Cc1ccc(C)c(N(CCCC(=O)N(Cc2ccccc2)[C@@H](Cc2ccccc2)C(=O)NC2CCCC2)S(C)(=O)=O)c1. The van der Waals surface area contributed by atoms with Crippen LogP contribution in [0, 0.1) is 13.8 Å². The van der Waals surface area contributed by atoms with Crippen molar-refractivity contribution in [2.45, 2.75) is 77.4 Å². The normalized spacial score (nSPS) is 14.4. The Morgan fingerprint density at radius 2 is 1.52 bits per heavy atom. The maximum absolute atomic E-state index is 14.0. The van der Waals surface area contributed by atoms with E-state index in [0.717, 1.165) is 47.9 Å². The molecule has 1 saturated carbocycles. The van der Waals surface area contributed by atoms with Crippen molar-refractivity contribution in [3.05, 3.63) is 101 Å². The average Bonchev–Trinajstić information content (AvgIpc) is 3.48. The van der Waals surface area contributed by atoms with Crippen LogP contribution in [0.3, 0.4) is 0 Å². The molecule has 1 aliphatic carbocycles. The van der Waals surface area contributed by atoms with E-state index >= 15 is 0 Å². The number of sulfonamides is 1. The lowest BCUT2D eigenvalue weighted by molar-refractivity contribution is -0.141. The Morgan fingerprint density at radius 3 is 2.14 bits per heavy atom. The van der Waals surface area contributed by atoms with Crippen molar-refractivity contribution < 1.29 is 18.0 Å². The van der Waals surface area contributed by atoms with Crippen molar-refractivity contribution in [1.29, 1.82) is 0 Å². The van der Waals surface area contributed by atoms with Gasteiger partial charge in [-0.15, -0.1) is 0 Å². The zero-order valence-corrected chi connectivity index (χ0v) is 25.8. The lowest BCUT2D eigenvalue weighted by Gasteiger charge is -2.33. The number of hydrogen-bond donors (Lipinski definition) is 1. The molecule has 0 spiro atoms. The van der Waals surface area contributed by atoms with Gasteiger partial charge in [0.2, 0.25) is 21.8 Å². The van der Waals surface area contributed by atoms with Crippen molar-refractivity contribution in [3.8, 4) is 0 Å². The van der Waals surface area contributed by atoms with Crippen LogP contribution in [-0.4, -0.2) is 50.0 Å². The van der Waals surface area contributed by atoms with E-state index in [1.807, 2.05) is 92.7 Å². The van der Waals surface area contributed by atoms with Crippen molar-refractivity contribution in [3.63, 3.8) is 0 Å². The molecule has 8 heteroatoms. The second-order valence-electron chi connectivity index (χ2n) is 11.4. The molecule has 1 atom stereocenters. The topological polar surface area (TPSA) is 86.8 Å². The molecular formula is C34H43N3O4S. The molecule has 224 valence electrons. The van der Waals surface area contributed by atoms with Crippen molar-refractivity contribution >= 4 is 27.5 Å². The van der Waals surface area contributed by atoms with Crippen molar-refractivity contribution in [2.24, 2.45) is 0 Å². The van der Waals surface area contributed by atoms with Crippen LogP contribution in [0.2, 0.25) is 0 Å². The van der Waals surface area contributed by atoms with Crippen molar-refractivity contribution in [1.82, 2.24) is 10.2 Å². The number of rotatable bonds is 13. The minimum atomic E-state index is -3.56. The summed E-state index contributed by atoms with van der Waals surface area (Å²) in [5.41, 5.74) is 4.36. The zero-order valence-electron chi connectivity index (χ0n) is 25.0. The first-order valence-electron chi connectivity index (χ1n) is 14.8. The fourth-order valence-electron chi connectivity index (χ4n) is 5.67. The highest BCUT2D eigenvalue weighted by Gasteiger charge is 2.32. The molecule has 2 amide bonds. The molecule has 0 unspecified atom stereocenters. The number of amides is 2. The Bertz CT molecular complexity index is 1440. The van der Waals surface area contributed by atoms with E-state index in [9.17, 15) is 18.0 Å². The number of anilines is 1. The number of hydrogen-bond acceptors (Lipinski definition) is 4. The molecule has 4 rings (SSSR count). The molecule has 3 aromatic carbocycles. The molecule has 42 heavy (non-hydrogen) atoms. The Morgan fingerprint density at radius 1 is 0.905 bits per heavy atom. The summed E-state index contributed by atoms with van der Waals surface area (Å²) < 4.78 is 27.0. The summed E-state index contributed by atoms with van der Waals surface area (Å²) in [5, 5.41) is 3.23. The minimum Gasteiger partial charge on any atom is -0.352 e. The zero-order chi connectivity index (χ0) is 30.1. The molecule has 1 aliphatic rings. The second-order valence-corrected chi connectivity index (χ2v) is 13.3. The largest absolute Gasteiger partial charge is 0.352 e. The van der Waals surface area contributed by atoms with Crippen molar-refractivity contribution in [2.75, 3.05) is 17.1 Å². The fourth-order valence-corrected chi connectivity index (χ4v) is 6.69. The maximum atomic E-state index is 14.0. The van der Waals surface area contributed by atoms with Gasteiger partial charge in [-0.25, -0.2) is 8.42 Å². The van der Waals surface area contributed by atoms with Gasteiger partial charge < -0.3 is 10.2 Å². The summed E-state index contributed by atoms with van der Waals surface area (Å²) in [7, 11) is -3.56. The van der Waals surface area contributed by atoms with E-state index < -0.39 is 16.1 Å². The van der Waals surface area contributed by atoms with Gasteiger partial charge in [0, 0.05) is 32.0 Å². The van der Waals surface area contributed by atoms with E-state index in [1.54, 1.807) is 4.90 Å². The molecule has 0 aromatic heterocycles. The third-order valence-electron chi connectivity index (χ3n) is 7.95. The van der Waals surface area contributed by atoms with Crippen LogP contribution in [0.5, 0.6) is 0 Å². The fraction of sp³-hybridized carbons (Fsp3) is 0.412. The van der Waals surface area contributed by atoms with Gasteiger partial charge in [-0.1, -0.05) is 85.6 Å². The third kappa shape index (κ3) is 8.68. The number of carbonyl (C=O) groups excluding carboxylic acids is 2. The maximum Gasteiger partial charge on any atom is 0.243 e. The molecular weight excluding hydrogens is 546 g/mol. The third-order valence-corrected chi connectivity index (χ3v) is 9.13. The second kappa shape index (κ2) is 14.5. The number of aryl methyl sites for hydroxylation is 2. The van der Waals surface area contributed by atoms with E-state index in [4.69, 9.17) is 0 Å². The lowest BCUT2D eigenvalue weighted by atomic mass is 10.0. The highest BCUT2D eigenvalue weighted by atomic mass is 32.2. The quantitative estimate of drug-likeness (QED) is 0.283. The number of carbonyl (C=O) groups is 2. The van der Waals surface area contributed by atoms with Gasteiger partial charge in [-0.3, -0.25) is 13.9 Å². The Kier molecular flexibility index (Phi) is 10.8. The summed E-state index contributed by atoms with van der Waals surface area (Å²) in [4.78, 5) is 29.5. The highest BCUT2D eigenvalue weighted by molar-refractivity contribution is 7.92. The van der Waals surface area contributed by atoms with Gasteiger partial charge in [0.1, 0.15) is 6.04 Å². The van der Waals surface area contributed by atoms with Crippen LogP contribution in [0.1, 0.15) is 60.8 Å². The van der Waals surface area contributed by atoms with Gasteiger partial charge >= 0.3 is 0 Å². The molecule has 0 bridgehead atoms. The Hall–Kier alpha value is -3.65. The Balaban J connectivity index is 1.58. The number of nitrogens with one attached hydrogen (secondary N) is 1. The molecule has 0 heterocycles. The van der Waals surface area contributed by atoms with Crippen LogP contribution in [0.25, 0.3) is 0 Å².